The van der Waals surface area contributed by atoms with Gasteiger partial charge in [-0.3, -0.25) is 4.79 Å². The molecule has 156 valence electrons. The second kappa shape index (κ2) is 7.51. The second-order valence-electron chi connectivity index (χ2n) is 7.77. The number of rotatable bonds is 3. The number of hydrogen-bond donors (Lipinski definition) is 0. The van der Waals surface area contributed by atoms with Crippen molar-refractivity contribution < 1.29 is 17.6 Å². The lowest BCUT2D eigenvalue weighted by atomic mass is 10.1. The first-order valence-corrected chi connectivity index (χ1v) is 12.3. The molecule has 8 heteroatoms. The Morgan fingerprint density at radius 2 is 1.70 bits per heavy atom. The van der Waals surface area contributed by atoms with Crippen LogP contribution in [0.5, 0.6) is 0 Å². The standard InChI is InChI=1S/C22H21BrN2O4S/c23-18-5-7-20-17(12-18)14-21(29-20)22(26)24-8-10-25(11-9-24)30(27,28)19-6-4-15-2-1-3-16(15)13-19/h4-7,12-14H,1-3,8-11H2. The minimum atomic E-state index is -3.56. The number of fused-ring (bicyclic) bond motifs is 2. The Hall–Kier alpha value is -2.16. The number of benzene rings is 2. The van der Waals surface area contributed by atoms with Gasteiger partial charge in [0, 0.05) is 36.0 Å². The molecule has 0 saturated carbocycles. The number of amides is 1. The molecule has 1 aliphatic heterocycles. The summed E-state index contributed by atoms with van der Waals surface area (Å²) in [6.07, 6.45) is 3.04. The van der Waals surface area contributed by atoms with Crippen LogP contribution in [0.2, 0.25) is 0 Å². The normalized spacial score (nSPS) is 17.4. The van der Waals surface area contributed by atoms with Crippen LogP contribution in [0.1, 0.15) is 28.1 Å². The van der Waals surface area contributed by atoms with E-state index >= 15 is 0 Å². The number of nitrogens with zero attached hydrogens (tertiary/aromatic N) is 2. The first kappa shape index (κ1) is 19.8. The van der Waals surface area contributed by atoms with E-state index in [4.69, 9.17) is 4.42 Å². The Balaban J connectivity index is 1.30. The van der Waals surface area contributed by atoms with Crippen molar-refractivity contribution in [2.24, 2.45) is 0 Å². The van der Waals surface area contributed by atoms with Gasteiger partial charge in [-0.2, -0.15) is 4.31 Å². The molecule has 2 heterocycles. The Labute approximate surface area is 183 Å². The molecule has 0 unspecified atom stereocenters. The lowest BCUT2D eigenvalue weighted by Crippen LogP contribution is -2.50. The van der Waals surface area contributed by atoms with Crippen molar-refractivity contribution in [2.75, 3.05) is 26.2 Å². The summed E-state index contributed by atoms with van der Waals surface area (Å²) in [5.74, 6) is 0.0648. The Kier molecular flexibility index (Phi) is 4.95. The van der Waals surface area contributed by atoms with Crippen LogP contribution >= 0.6 is 15.9 Å². The molecule has 1 aliphatic carbocycles. The zero-order valence-corrected chi connectivity index (χ0v) is 18.7. The summed E-state index contributed by atoms with van der Waals surface area (Å²) in [5, 5.41) is 0.852. The van der Waals surface area contributed by atoms with E-state index in [1.54, 1.807) is 17.0 Å². The quantitative estimate of drug-likeness (QED) is 0.561. The van der Waals surface area contributed by atoms with Crippen molar-refractivity contribution in [3.05, 3.63) is 63.8 Å². The monoisotopic (exact) mass is 488 g/mol. The van der Waals surface area contributed by atoms with E-state index in [9.17, 15) is 13.2 Å². The first-order chi connectivity index (χ1) is 14.4. The third kappa shape index (κ3) is 3.46. The van der Waals surface area contributed by atoms with Crippen molar-refractivity contribution in [1.82, 2.24) is 9.21 Å². The van der Waals surface area contributed by atoms with Crippen LogP contribution in [0.3, 0.4) is 0 Å². The Bertz CT molecular complexity index is 1240. The highest BCUT2D eigenvalue weighted by Gasteiger charge is 2.32. The number of piperazine rings is 1. The highest BCUT2D eigenvalue weighted by atomic mass is 79.9. The summed E-state index contributed by atoms with van der Waals surface area (Å²) < 4.78 is 34.3. The zero-order valence-electron chi connectivity index (χ0n) is 16.3. The van der Waals surface area contributed by atoms with E-state index in [2.05, 4.69) is 15.9 Å². The molecular weight excluding hydrogens is 468 g/mol. The second-order valence-corrected chi connectivity index (χ2v) is 10.6. The van der Waals surface area contributed by atoms with E-state index in [0.29, 0.717) is 23.6 Å². The van der Waals surface area contributed by atoms with Crippen LogP contribution in [0.15, 0.2) is 56.2 Å². The molecule has 0 bridgehead atoms. The van der Waals surface area contributed by atoms with E-state index in [0.717, 1.165) is 34.7 Å². The van der Waals surface area contributed by atoms with Gasteiger partial charge in [0.15, 0.2) is 5.76 Å². The van der Waals surface area contributed by atoms with Gasteiger partial charge in [-0.05, 0) is 66.8 Å². The van der Waals surface area contributed by atoms with Gasteiger partial charge in [-0.15, -0.1) is 0 Å². The average Bonchev–Trinajstić information content (AvgIpc) is 3.39. The Morgan fingerprint density at radius 1 is 0.933 bits per heavy atom. The lowest BCUT2D eigenvalue weighted by molar-refractivity contribution is 0.0668. The summed E-state index contributed by atoms with van der Waals surface area (Å²) in [4.78, 5) is 14.9. The fourth-order valence-electron chi connectivity index (χ4n) is 4.26. The van der Waals surface area contributed by atoms with Gasteiger partial charge in [0.2, 0.25) is 10.0 Å². The van der Waals surface area contributed by atoms with Crippen LogP contribution in [-0.2, 0) is 22.9 Å². The fourth-order valence-corrected chi connectivity index (χ4v) is 6.12. The van der Waals surface area contributed by atoms with Crippen LogP contribution in [-0.4, -0.2) is 49.7 Å². The average molecular weight is 489 g/mol. The van der Waals surface area contributed by atoms with Gasteiger partial charge in [0.1, 0.15) is 5.58 Å². The molecule has 2 aliphatic rings. The SMILES string of the molecule is O=C(c1cc2cc(Br)ccc2o1)N1CCN(S(=O)(=O)c2ccc3c(c2)CCC3)CC1. The van der Waals surface area contributed by atoms with Crippen LogP contribution in [0, 0.1) is 0 Å². The van der Waals surface area contributed by atoms with E-state index in [1.807, 2.05) is 30.3 Å². The summed E-state index contributed by atoms with van der Waals surface area (Å²) in [7, 11) is -3.56. The van der Waals surface area contributed by atoms with Gasteiger partial charge < -0.3 is 9.32 Å². The molecule has 1 amide bonds. The number of sulfonamides is 1. The number of hydrogen-bond acceptors (Lipinski definition) is 4. The summed E-state index contributed by atoms with van der Waals surface area (Å²) >= 11 is 3.42. The molecule has 5 rings (SSSR count). The third-order valence-corrected chi connectivity index (χ3v) is 8.31. The number of carbonyl (C=O) groups excluding carboxylic acids is 1. The molecule has 0 spiro atoms. The number of furan rings is 1. The number of halogens is 1. The first-order valence-electron chi connectivity index (χ1n) is 10.0. The minimum absolute atomic E-state index is 0.211. The van der Waals surface area contributed by atoms with Gasteiger partial charge in [-0.1, -0.05) is 22.0 Å². The topological polar surface area (TPSA) is 70.8 Å². The molecule has 1 saturated heterocycles. The maximum Gasteiger partial charge on any atom is 0.289 e. The van der Waals surface area contributed by atoms with E-state index < -0.39 is 10.0 Å². The van der Waals surface area contributed by atoms with Crippen LogP contribution in [0.25, 0.3) is 11.0 Å². The molecular formula is C22H21BrN2O4S. The van der Waals surface area contributed by atoms with Crippen molar-refractivity contribution in [3.8, 4) is 0 Å². The van der Waals surface area contributed by atoms with Crippen LogP contribution in [0.4, 0.5) is 0 Å². The van der Waals surface area contributed by atoms with Crippen molar-refractivity contribution in [3.63, 3.8) is 0 Å². The predicted molar refractivity (Wildman–Crippen MR) is 117 cm³/mol. The summed E-state index contributed by atoms with van der Waals surface area (Å²) in [5.41, 5.74) is 3.04. The molecule has 30 heavy (non-hydrogen) atoms. The summed E-state index contributed by atoms with van der Waals surface area (Å²) in [6.45, 7) is 1.22. The zero-order chi connectivity index (χ0) is 20.9. The number of aryl methyl sites for hydroxylation is 2. The molecule has 1 aromatic heterocycles. The molecule has 0 N–H and O–H groups in total. The Morgan fingerprint density at radius 3 is 2.50 bits per heavy atom. The van der Waals surface area contributed by atoms with Gasteiger partial charge in [0.25, 0.3) is 5.91 Å². The van der Waals surface area contributed by atoms with Gasteiger partial charge in [0.05, 0.1) is 4.90 Å². The lowest BCUT2D eigenvalue weighted by Gasteiger charge is -2.33. The molecule has 0 atom stereocenters. The largest absolute Gasteiger partial charge is 0.451 e. The van der Waals surface area contributed by atoms with E-state index in [1.165, 1.54) is 9.87 Å². The van der Waals surface area contributed by atoms with Crippen molar-refractivity contribution in [2.45, 2.75) is 24.2 Å². The van der Waals surface area contributed by atoms with Crippen molar-refractivity contribution in [1.29, 1.82) is 0 Å². The molecule has 6 nitrogen and oxygen atoms in total. The maximum atomic E-state index is 13.1. The van der Waals surface area contributed by atoms with Gasteiger partial charge >= 0.3 is 0 Å². The number of carbonyl (C=O) groups is 1. The molecule has 0 radical (unpaired) electrons. The van der Waals surface area contributed by atoms with Crippen LogP contribution < -0.4 is 0 Å². The molecule has 1 fully saturated rings. The predicted octanol–water partition coefficient (Wildman–Crippen LogP) is 3.83. The molecule has 3 aromatic rings. The fraction of sp³-hybridized carbons (Fsp3) is 0.318. The summed E-state index contributed by atoms with van der Waals surface area (Å²) in [6, 6.07) is 12.8. The third-order valence-electron chi connectivity index (χ3n) is 5.92. The molecule has 2 aromatic carbocycles. The van der Waals surface area contributed by atoms with Crippen molar-refractivity contribution >= 4 is 42.8 Å². The maximum absolute atomic E-state index is 13.1. The smallest absolute Gasteiger partial charge is 0.289 e. The highest BCUT2D eigenvalue weighted by Crippen LogP contribution is 2.28. The van der Waals surface area contributed by atoms with E-state index in [-0.39, 0.29) is 24.8 Å². The highest BCUT2D eigenvalue weighted by molar-refractivity contribution is 9.10. The minimum Gasteiger partial charge on any atom is -0.451 e. The van der Waals surface area contributed by atoms with Gasteiger partial charge in [-0.25, -0.2) is 8.42 Å².